The molecular weight excluding hydrogens is 235 g/mol. The second-order valence-corrected chi connectivity index (χ2v) is 3.28. The summed E-state index contributed by atoms with van der Waals surface area (Å²) in [6.07, 6.45) is -1.64. The molecule has 2 atom stereocenters. The van der Waals surface area contributed by atoms with E-state index in [-0.39, 0.29) is 5.56 Å². The van der Waals surface area contributed by atoms with Crippen molar-refractivity contribution in [2.75, 3.05) is 0 Å². The van der Waals surface area contributed by atoms with Crippen LogP contribution in [0.5, 0.6) is 0 Å². The lowest BCUT2D eigenvalue weighted by Crippen LogP contribution is -2.36. The fourth-order valence-electron chi connectivity index (χ4n) is 1.20. The van der Waals surface area contributed by atoms with Gasteiger partial charge < -0.3 is 15.9 Å². The molecule has 1 rings (SSSR count). The molecule has 4 N–H and O–H groups in total. The summed E-state index contributed by atoms with van der Waals surface area (Å²) in [5.74, 6) is -2.62. The van der Waals surface area contributed by atoms with Gasteiger partial charge in [0.05, 0.1) is 4.92 Å². The molecule has 92 valence electrons. The Balaban J connectivity index is 3.05. The van der Waals surface area contributed by atoms with Crippen LogP contribution in [0.25, 0.3) is 0 Å². The molecule has 1 aromatic rings. The number of nitro benzene ring substituents is 1. The summed E-state index contributed by atoms with van der Waals surface area (Å²) in [5, 5.41) is 28.3. The number of carboxylic acids is 1. The Morgan fingerprint density at radius 3 is 2.53 bits per heavy atom. The van der Waals surface area contributed by atoms with Crippen molar-refractivity contribution in [1.82, 2.24) is 0 Å². The van der Waals surface area contributed by atoms with Gasteiger partial charge in [0.15, 0.2) is 0 Å². The average molecular weight is 244 g/mol. The number of benzene rings is 1. The highest BCUT2D eigenvalue weighted by Gasteiger charge is 2.25. The van der Waals surface area contributed by atoms with E-state index < -0.39 is 34.5 Å². The number of aliphatic hydroxyl groups excluding tert-OH is 1. The molecule has 0 saturated heterocycles. The first kappa shape index (κ1) is 13.0. The van der Waals surface area contributed by atoms with Crippen molar-refractivity contribution < 1.29 is 24.3 Å². The largest absolute Gasteiger partial charge is 0.480 e. The van der Waals surface area contributed by atoms with Crippen molar-refractivity contribution in [3.8, 4) is 0 Å². The van der Waals surface area contributed by atoms with Gasteiger partial charge in [0, 0.05) is 6.07 Å². The molecule has 0 aliphatic heterocycles. The zero-order valence-corrected chi connectivity index (χ0v) is 8.41. The van der Waals surface area contributed by atoms with Gasteiger partial charge in [0.1, 0.15) is 12.1 Å². The lowest BCUT2D eigenvalue weighted by molar-refractivity contribution is -0.387. The highest BCUT2D eigenvalue weighted by molar-refractivity contribution is 5.74. The van der Waals surface area contributed by atoms with Crippen molar-refractivity contribution in [2.24, 2.45) is 5.73 Å². The predicted octanol–water partition coefficient (Wildman–Crippen LogP) is 0.179. The van der Waals surface area contributed by atoms with Gasteiger partial charge in [-0.3, -0.25) is 14.9 Å². The summed E-state index contributed by atoms with van der Waals surface area (Å²) in [4.78, 5) is 19.9. The Labute approximate surface area is 94.4 Å². The Morgan fingerprint density at radius 1 is 1.53 bits per heavy atom. The lowest BCUT2D eigenvalue weighted by Gasteiger charge is -2.14. The molecule has 0 aliphatic rings. The fraction of sp³-hybridized carbons (Fsp3) is 0.222. The van der Waals surface area contributed by atoms with E-state index in [1.165, 1.54) is 0 Å². The molecule has 0 unspecified atom stereocenters. The number of nitro groups is 1. The van der Waals surface area contributed by atoms with Crippen molar-refractivity contribution in [3.63, 3.8) is 0 Å². The van der Waals surface area contributed by atoms with Crippen molar-refractivity contribution in [2.45, 2.75) is 12.1 Å². The number of aliphatic hydroxyl groups is 1. The highest BCUT2D eigenvalue weighted by atomic mass is 19.1. The molecule has 0 amide bonds. The van der Waals surface area contributed by atoms with Gasteiger partial charge in [-0.25, -0.2) is 0 Å². The normalized spacial score (nSPS) is 14.1. The first-order valence-electron chi connectivity index (χ1n) is 4.45. The number of hydrogen-bond acceptors (Lipinski definition) is 5. The Kier molecular flexibility index (Phi) is 3.71. The molecule has 0 radical (unpaired) electrons. The number of hydrogen-bond donors (Lipinski definition) is 3. The molecule has 0 spiro atoms. The molecule has 0 bridgehead atoms. The van der Waals surface area contributed by atoms with Gasteiger partial charge in [0.25, 0.3) is 0 Å². The molecule has 0 heterocycles. The molecule has 8 heteroatoms. The van der Waals surface area contributed by atoms with Crippen molar-refractivity contribution in [3.05, 3.63) is 39.7 Å². The maximum atomic E-state index is 13.2. The van der Waals surface area contributed by atoms with Crippen molar-refractivity contribution >= 4 is 11.7 Å². The second kappa shape index (κ2) is 4.85. The van der Waals surface area contributed by atoms with E-state index in [9.17, 15) is 24.4 Å². The first-order valence-corrected chi connectivity index (χ1v) is 4.45. The summed E-state index contributed by atoms with van der Waals surface area (Å²) in [6.45, 7) is 0. The highest BCUT2D eigenvalue weighted by Crippen LogP contribution is 2.23. The van der Waals surface area contributed by atoms with Gasteiger partial charge in [-0.2, -0.15) is 4.39 Å². The first-order chi connectivity index (χ1) is 7.84. The number of nitrogens with two attached hydrogens (primary N) is 1. The van der Waals surface area contributed by atoms with Crippen LogP contribution in [0.3, 0.4) is 0 Å². The molecule has 0 aliphatic carbocycles. The number of rotatable bonds is 4. The van der Waals surface area contributed by atoms with E-state index >= 15 is 0 Å². The molecule has 0 aromatic heterocycles. The molecule has 0 saturated carbocycles. The van der Waals surface area contributed by atoms with Crippen LogP contribution in [0.4, 0.5) is 10.1 Å². The van der Waals surface area contributed by atoms with Gasteiger partial charge in [-0.15, -0.1) is 0 Å². The summed E-state index contributed by atoms with van der Waals surface area (Å²) in [5.41, 5.74) is 4.24. The SMILES string of the molecule is N[C@H](C(=O)O)[C@H](O)c1ccc([N+](=O)[O-])c(F)c1. The van der Waals surface area contributed by atoms with E-state index in [0.29, 0.717) is 6.07 Å². The molecule has 1 aromatic carbocycles. The monoisotopic (exact) mass is 244 g/mol. The molecule has 0 fully saturated rings. The number of aliphatic carboxylic acids is 1. The quantitative estimate of drug-likeness (QED) is 0.512. The summed E-state index contributed by atoms with van der Waals surface area (Å²) < 4.78 is 13.2. The molecule has 17 heavy (non-hydrogen) atoms. The summed E-state index contributed by atoms with van der Waals surface area (Å²) in [6, 6.07) is 0.943. The predicted molar refractivity (Wildman–Crippen MR) is 53.6 cm³/mol. The van der Waals surface area contributed by atoms with Crippen LogP contribution in [0.15, 0.2) is 18.2 Å². The zero-order valence-electron chi connectivity index (χ0n) is 8.41. The Hall–Kier alpha value is -2.06. The van der Waals surface area contributed by atoms with Crippen molar-refractivity contribution in [1.29, 1.82) is 0 Å². The summed E-state index contributed by atoms with van der Waals surface area (Å²) in [7, 11) is 0. The van der Waals surface area contributed by atoms with Gasteiger partial charge in [-0.1, -0.05) is 0 Å². The van der Waals surface area contributed by atoms with Crippen LogP contribution in [0.2, 0.25) is 0 Å². The third kappa shape index (κ3) is 2.74. The molecular formula is C9H9FN2O5. The Bertz CT molecular complexity index is 465. The van der Waals surface area contributed by atoms with E-state index in [1.807, 2.05) is 0 Å². The summed E-state index contributed by atoms with van der Waals surface area (Å²) >= 11 is 0. The third-order valence-electron chi connectivity index (χ3n) is 2.14. The smallest absolute Gasteiger partial charge is 0.323 e. The minimum Gasteiger partial charge on any atom is -0.480 e. The van der Waals surface area contributed by atoms with Gasteiger partial charge in [0.2, 0.25) is 5.82 Å². The Morgan fingerprint density at radius 2 is 2.12 bits per heavy atom. The minimum absolute atomic E-state index is 0.136. The maximum Gasteiger partial charge on any atom is 0.323 e. The second-order valence-electron chi connectivity index (χ2n) is 3.28. The van der Waals surface area contributed by atoms with Crippen LogP contribution in [-0.4, -0.2) is 27.1 Å². The zero-order chi connectivity index (χ0) is 13.2. The topological polar surface area (TPSA) is 127 Å². The molecule has 7 nitrogen and oxygen atoms in total. The van der Waals surface area contributed by atoms with Crippen LogP contribution in [0.1, 0.15) is 11.7 Å². The van der Waals surface area contributed by atoms with E-state index in [2.05, 4.69) is 0 Å². The van der Waals surface area contributed by atoms with Crippen LogP contribution < -0.4 is 5.73 Å². The number of halogens is 1. The lowest BCUT2D eigenvalue weighted by atomic mass is 10.0. The standard InChI is InChI=1S/C9H9FN2O5/c10-5-3-4(1-2-6(5)12(16)17)8(13)7(11)9(14)15/h1-3,7-8,13H,11H2,(H,14,15)/t7-,8+/m0/s1. The van der Waals surface area contributed by atoms with Gasteiger partial charge >= 0.3 is 11.7 Å². The van der Waals surface area contributed by atoms with Crippen LogP contribution in [-0.2, 0) is 4.79 Å². The van der Waals surface area contributed by atoms with E-state index in [0.717, 1.165) is 12.1 Å². The van der Waals surface area contributed by atoms with Gasteiger partial charge in [-0.05, 0) is 17.7 Å². The van der Waals surface area contributed by atoms with E-state index in [4.69, 9.17) is 10.8 Å². The van der Waals surface area contributed by atoms with Crippen LogP contribution in [0, 0.1) is 15.9 Å². The number of carbonyl (C=O) groups is 1. The fourth-order valence-corrected chi connectivity index (χ4v) is 1.20. The minimum atomic E-state index is -1.64. The maximum absolute atomic E-state index is 13.2. The van der Waals surface area contributed by atoms with E-state index in [1.54, 1.807) is 0 Å². The number of carboxylic acid groups (broad SMARTS) is 1. The third-order valence-corrected chi connectivity index (χ3v) is 2.14. The number of nitrogens with zero attached hydrogens (tertiary/aromatic N) is 1. The van der Waals surface area contributed by atoms with Crippen LogP contribution >= 0.6 is 0 Å². The average Bonchev–Trinajstić information content (AvgIpc) is 2.26.